The minimum atomic E-state index is -5.00. The zero-order valence-corrected chi connectivity index (χ0v) is 23.9. The van der Waals surface area contributed by atoms with Gasteiger partial charge < -0.3 is 14.4 Å². The summed E-state index contributed by atoms with van der Waals surface area (Å²) in [6.07, 6.45) is -5.96. The van der Waals surface area contributed by atoms with Crippen molar-refractivity contribution in [3.8, 4) is 11.4 Å². The van der Waals surface area contributed by atoms with Crippen LogP contribution in [0, 0.1) is 5.82 Å². The van der Waals surface area contributed by atoms with E-state index in [0.29, 0.717) is 37.3 Å². The van der Waals surface area contributed by atoms with Gasteiger partial charge in [0.2, 0.25) is 0 Å². The molecule has 0 spiro atoms. The Kier molecular flexibility index (Phi) is 8.35. The van der Waals surface area contributed by atoms with Crippen LogP contribution in [-0.2, 0) is 17.5 Å². The van der Waals surface area contributed by atoms with E-state index in [2.05, 4.69) is 4.98 Å². The molecule has 1 atom stereocenters. The van der Waals surface area contributed by atoms with Crippen molar-refractivity contribution in [1.29, 1.82) is 0 Å². The largest absolute Gasteiger partial charge is 0.489 e. The minimum Gasteiger partial charge on any atom is -0.489 e. The molecule has 4 rings (SSSR count). The van der Waals surface area contributed by atoms with E-state index >= 15 is 0 Å². The summed E-state index contributed by atoms with van der Waals surface area (Å²) >= 11 is 0. The smallest absolute Gasteiger partial charge is 0.419 e. The number of piperazine rings is 1. The van der Waals surface area contributed by atoms with E-state index in [1.54, 1.807) is 57.7 Å². The van der Waals surface area contributed by atoms with Crippen molar-refractivity contribution >= 4 is 17.0 Å². The highest BCUT2D eigenvalue weighted by Gasteiger charge is 2.36. The lowest BCUT2D eigenvalue weighted by atomic mass is 10.1. The van der Waals surface area contributed by atoms with Crippen LogP contribution in [0.25, 0.3) is 16.6 Å². The van der Waals surface area contributed by atoms with E-state index in [1.807, 2.05) is 11.8 Å². The Balaban J connectivity index is 1.81. The first kappa shape index (κ1) is 30.3. The summed E-state index contributed by atoms with van der Waals surface area (Å²) in [6, 6.07) is 7.57. The Labute approximate surface area is 235 Å². The molecule has 12 heteroatoms. The average molecular weight is 579 g/mol. The molecule has 0 radical (unpaired) electrons. The molecule has 222 valence electrons. The number of rotatable bonds is 5. The topological polar surface area (TPSA) is 76.9 Å². The Bertz CT molecular complexity index is 1500. The van der Waals surface area contributed by atoms with Gasteiger partial charge in [-0.25, -0.2) is 14.2 Å². The summed E-state index contributed by atoms with van der Waals surface area (Å²) in [6.45, 7) is 11.7. The lowest BCUT2D eigenvalue weighted by molar-refractivity contribution is -0.140. The fourth-order valence-electron chi connectivity index (χ4n) is 4.72. The van der Waals surface area contributed by atoms with E-state index in [9.17, 15) is 27.2 Å². The van der Waals surface area contributed by atoms with E-state index in [0.717, 1.165) is 4.57 Å². The number of halogens is 4. The third kappa shape index (κ3) is 6.80. The van der Waals surface area contributed by atoms with E-state index in [4.69, 9.17) is 9.47 Å². The normalized spacial score (nSPS) is 16.9. The third-order valence-corrected chi connectivity index (χ3v) is 6.56. The molecule has 0 aliphatic carbocycles. The van der Waals surface area contributed by atoms with Gasteiger partial charge in [0.25, 0.3) is 5.56 Å². The second kappa shape index (κ2) is 11.3. The number of carbonyl (C=O) groups is 1. The molecular formula is C29H34F4N4O4. The fraction of sp³-hybridized carbons (Fsp3) is 0.483. The summed E-state index contributed by atoms with van der Waals surface area (Å²) in [4.78, 5) is 34.7. The molecule has 2 heterocycles. The Morgan fingerprint density at radius 3 is 2.41 bits per heavy atom. The second-order valence-corrected chi connectivity index (χ2v) is 11.4. The van der Waals surface area contributed by atoms with Crippen LogP contribution in [0.3, 0.4) is 0 Å². The number of carbonyl (C=O) groups excluding carboxylic acids is 1. The first-order valence-corrected chi connectivity index (χ1v) is 13.4. The highest BCUT2D eigenvalue weighted by Crippen LogP contribution is 2.37. The molecule has 0 bridgehead atoms. The van der Waals surface area contributed by atoms with Gasteiger partial charge in [-0.05, 0) is 59.7 Å². The number of alkyl halides is 3. The zero-order valence-electron chi connectivity index (χ0n) is 23.9. The number of ether oxygens (including phenoxy) is 2. The van der Waals surface area contributed by atoms with E-state index in [-0.39, 0.29) is 35.2 Å². The van der Waals surface area contributed by atoms with Crippen LogP contribution in [0.1, 0.15) is 52.9 Å². The maximum atomic E-state index is 14.6. The van der Waals surface area contributed by atoms with Crippen LogP contribution in [0.4, 0.5) is 22.4 Å². The van der Waals surface area contributed by atoms with Crippen molar-refractivity contribution in [2.45, 2.75) is 72.0 Å². The summed E-state index contributed by atoms with van der Waals surface area (Å²) in [7, 11) is 0. The highest BCUT2D eigenvalue weighted by atomic mass is 19.4. The number of hydrogen-bond donors (Lipinski definition) is 0. The van der Waals surface area contributed by atoms with Gasteiger partial charge in [0, 0.05) is 31.7 Å². The molecule has 1 fully saturated rings. The van der Waals surface area contributed by atoms with Gasteiger partial charge in [-0.3, -0.25) is 14.3 Å². The first-order valence-electron chi connectivity index (χ1n) is 13.4. The summed E-state index contributed by atoms with van der Waals surface area (Å²) in [5, 5.41) is 0.187. The average Bonchev–Trinajstić information content (AvgIpc) is 2.84. The maximum Gasteiger partial charge on any atom is 0.419 e. The number of amides is 1. The molecular weight excluding hydrogens is 544 g/mol. The molecule has 1 saturated heterocycles. The number of hydrogen-bond acceptors (Lipinski definition) is 6. The molecule has 1 aromatic heterocycles. The van der Waals surface area contributed by atoms with Crippen molar-refractivity contribution in [1.82, 2.24) is 19.4 Å². The van der Waals surface area contributed by atoms with Crippen molar-refractivity contribution in [3.63, 3.8) is 0 Å². The minimum absolute atomic E-state index is 0.0727. The lowest BCUT2D eigenvalue weighted by Crippen LogP contribution is -2.54. The number of aromatic nitrogens is 2. The molecule has 1 aliphatic rings. The molecule has 41 heavy (non-hydrogen) atoms. The standard InChI is InChI=1S/C29H34F4N4O4/c1-17(2)40-24-14-21(30)20(29(31,32)33)13-23(24)37-25(34-22-10-8-7-9-19(22)26(37)38)16-35-11-12-36(15-18(35)3)27(39)41-28(4,5)6/h7-10,13-14,17-18H,11-12,15-16H2,1-6H3/t18-/m0/s1. The highest BCUT2D eigenvalue weighted by molar-refractivity contribution is 5.78. The number of benzene rings is 2. The second-order valence-electron chi connectivity index (χ2n) is 11.4. The summed E-state index contributed by atoms with van der Waals surface area (Å²) in [5.74, 6) is -1.57. The third-order valence-electron chi connectivity index (χ3n) is 6.56. The van der Waals surface area contributed by atoms with Gasteiger partial charge in [0.1, 0.15) is 23.0 Å². The van der Waals surface area contributed by atoms with Gasteiger partial charge in [-0.1, -0.05) is 12.1 Å². The molecule has 2 aromatic carbocycles. The molecule has 1 amide bonds. The molecule has 3 aromatic rings. The molecule has 8 nitrogen and oxygen atoms in total. The van der Waals surface area contributed by atoms with Gasteiger partial charge in [-0.15, -0.1) is 0 Å². The van der Waals surface area contributed by atoms with Crippen LogP contribution in [-0.4, -0.2) is 62.8 Å². The van der Waals surface area contributed by atoms with Crippen molar-refractivity contribution in [2.75, 3.05) is 19.6 Å². The fourth-order valence-corrected chi connectivity index (χ4v) is 4.72. The number of fused-ring (bicyclic) bond motifs is 1. The molecule has 1 aliphatic heterocycles. The monoisotopic (exact) mass is 578 g/mol. The summed E-state index contributed by atoms with van der Waals surface area (Å²) < 4.78 is 68.2. The predicted molar refractivity (Wildman–Crippen MR) is 146 cm³/mol. The van der Waals surface area contributed by atoms with Crippen LogP contribution >= 0.6 is 0 Å². The Morgan fingerprint density at radius 2 is 1.80 bits per heavy atom. The quantitative estimate of drug-likeness (QED) is 0.358. The van der Waals surface area contributed by atoms with Crippen LogP contribution < -0.4 is 10.3 Å². The van der Waals surface area contributed by atoms with Gasteiger partial charge >= 0.3 is 12.3 Å². The Hall–Kier alpha value is -3.67. The number of nitrogens with zero attached hydrogens (tertiary/aromatic N) is 4. The van der Waals surface area contributed by atoms with Crippen LogP contribution in [0.2, 0.25) is 0 Å². The van der Waals surface area contributed by atoms with Crippen molar-refractivity contribution in [3.05, 3.63) is 64.0 Å². The predicted octanol–water partition coefficient (Wildman–Crippen LogP) is 5.77. The van der Waals surface area contributed by atoms with E-state index < -0.39 is 40.9 Å². The van der Waals surface area contributed by atoms with E-state index in [1.165, 1.54) is 6.07 Å². The zero-order chi connectivity index (χ0) is 30.3. The number of para-hydroxylation sites is 1. The maximum absolute atomic E-state index is 14.6. The summed E-state index contributed by atoms with van der Waals surface area (Å²) in [5.41, 5.74) is -2.67. The van der Waals surface area contributed by atoms with Gasteiger partial charge in [0.05, 0.1) is 34.8 Å². The van der Waals surface area contributed by atoms with Crippen LogP contribution in [0.5, 0.6) is 5.75 Å². The first-order chi connectivity index (χ1) is 19.0. The van der Waals surface area contributed by atoms with Crippen molar-refractivity contribution < 1.29 is 31.8 Å². The molecule has 0 unspecified atom stereocenters. The van der Waals surface area contributed by atoms with Crippen molar-refractivity contribution in [2.24, 2.45) is 0 Å². The van der Waals surface area contributed by atoms with Gasteiger partial charge in [-0.2, -0.15) is 13.2 Å². The van der Waals surface area contributed by atoms with Gasteiger partial charge in [0.15, 0.2) is 0 Å². The Morgan fingerprint density at radius 1 is 1.12 bits per heavy atom. The SMILES string of the molecule is CC(C)Oc1cc(F)c(C(F)(F)F)cc1-n1c(CN2CCN(C(=O)OC(C)(C)C)C[C@@H]2C)nc2ccccc2c1=O. The lowest BCUT2D eigenvalue weighted by Gasteiger charge is -2.40. The molecule has 0 saturated carbocycles. The molecule has 0 N–H and O–H groups in total. The van der Waals surface area contributed by atoms with Crippen LogP contribution in [0.15, 0.2) is 41.2 Å².